The van der Waals surface area contributed by atoms with Gasteiger partial charge in [-0.15, -0.1) is 0 Å². The average molecular weight is 254 g/mol. The summed E-state index contributed by atoms with van der Waals surface area (Å²) in [5.41, 5.74) is 5.57. The summed E-state index contributed by atoms with van der Waals surface area (Å²) in [6.45, 7) is 7.00. The molecule has 0 atom stereocenters. The van der Waals surface area contributed by atoms with Crippen LogP contribution in [0.1, 0.15) is 39.5 Å². The van der Waals surface area contributed by atoms with Gasteiger partial charge >= 0.3 is 0 Å². The van der Waals surface area contributed by atoms with Crippen molar-refractivity contribution in [2.45, 2.75) is 45.6 Å². The Balaban J connectivity index is 2.09. The van der Waals surface area contributed by atoms with Crippen LogP contribution in [0, 0.1) is 11.3 Å². The van der Waals surface area contributed by atoms with Crippen molar-refractivity contribution in [3.05, 3.63) is 0 Å². The molecule has 0 unspecified atom stereocenters. The fourth-order valence-electron chi connectivity index (χ4n) is 2.75. The summed E-state index contributed by atoms with van der Waals surface area (Å²) in [5.74, 6) is 0.800. The van der Waals surface area contributed by atoms with Gasteiger partial charge in [-0.25, -0.2) is 0 Å². The largest absolute Gasteiger partial charge is 0.381 e. The van der Waals surface area contributed by atoms with Crippen LogP contribution in [0.15, 0.2) is 0 Å². The molecule has 1 saturated carbocycles. The average Bonchev–Trinajstić information content (AvgIpc) is 3.20. The van der Waals surface area contributed by atoms with E-state index in [0.717, 1.165) is 32.2 Å². The predicted octanol–water partition coefficient (Wildman–Crippen LogP) is 1.39. The molecule has 1 amide bonds. The molecule has 0 spiro atoms. The number of hydrogen-bond acceptors (Lipinski definition) is 3. The number of hydrogen-bond donors (Lipinski definition) is 1. The highest BCUT2D eigenvalue weighted by Crippen LogP contribution is 2.36. The van der Waals surface area contributed by atoms with Gasteiger partial charge in [0.2, 0.25) is 5.91 Å². The van der Waals surface area contributed by atoms with E-state index >= 15 is 0 Å². The lowest BCUT2D eigenvalue weighted by Crippen LogP contribution is -2.52. The van der Waals surface area contributed by atoms with E-state index < -0.39 is 0 Å². The van der Waals surface area contributed by atoms with Gasteiger partial charge in [0, 0.05) is 32.3 Å². The first kappa shape index (κ1) is 13.8. The Labute approximate surface area is 110 Å². The van der Waals surface area contributed by atoms with Crippen molar-refractivity contribution < 1.29 is 9.53 Å². The van der Waals surface area contributed by atoms with Crippen LogP contribution in [0.5, 0.6) is 0 Å². The molecular weight excluding hydrogens is 228 g/mol. The van der Waals surface area contributed by atoms with Crippen LogP contribution in [0.4, 0.5) is 0 Å². The van der Waals surface area contributed by atoms with E-state index in [2.05, 4.69) is 18.7 Å². The van der Waals surface area contributed by atoms with Crippen molar-refractivity contribution in [2.75, 3.05) is 26.3 Å². The number of nitrogens with zero attached hydrogens (tertiary/aromatic N) is 1. The maximum absolute atomic E-state index is 12.9. The second-order valence-corrected chi connectivity index (χ2v) is 6.18. The van der Waals surface area contributed by atoms with Crippen LogP contribution in [-0.4, -0.2) is 43.2 Å². The van der Waals surface area contributed by atoms with Gasteiger partial charge in [0.25, 0.3) is 0 Å². The van der Waals surface area contributed by atoms with E-state index in [0.29, 0.717) is 31.7 Å². The third kappa shape index (κ3) is 2.86. The molecule has 2 rings (SSSR count). The summed E-state index contributed by atoms with van der Waals surface area (Å²) in [7, 11) is 0. The van der Waals surface area contributed by atoms with Crippen molar-refractivity contribution in [2.24, 2.45) is 17.1 Å². The molecule has 104 valence electrons. The molecule has 4 heteroatoms. The van der Waals surface area contributed by atoms with Crippen LogP contribution in [0.2, 0.25) is 0 Å². The molecule has 1 aliphatic heterocycles. The molecule has 2 fully saturated rings. The molecule has 2 N–H and O–H groups in total. The maximum Gasteiger partial charge on any atom is 0.230 e. The Morgan fingerprint density at radius 2 is 2.00 bits per heavy atom. The number of ether oxygens (including phenoxy) is 1. The zero-order valence-electron chi connectivity index (χ0n) is 11.7. The van der Waals surface area contributed by atoms with E-state index in [1.165, 1.54) is 0 Å². The number of carbonyl (C=O) groups excluding carboxylic acids is 1. The van der Waals surface area contributed by atoms with Gasteiger partial charge in [-0.2, -0.15) is 0 Å². The Morgan fingerprint density at radius 1 is 1.39 bits per heavy atom. The van der Waals surface area contributed by atoms with Gasteiger partial charge in [-0.3, -0.25) is 4.79 Å². The number of nitrogens with two attached hydrogens (primary N) is 1. The first-order valence-corrected chi connectivity index (χ1v) is 7.18. The Hall–Kier alpha value is -0.610. The zero-order valence-corrected chi connectivity index (χ0v) is 11.7. The van der Waals surface area contributed by atoms with E-state index in [1.807, 2.05) is 0 Å². The SMILES string of the molecule is CC(C)CN(C(=O)C1(CN)CCOCC1)C1CC1. The van der Waals surface area contributed by atoms with E-state index in [-0.39, 0.29) is 11.3 Å². The number of carbonyl (C=O) groups is 1. The molecule has 4 nitrogen and oxygen atoms in total. The zero-order chi connectivity index (χ0) is 13.2. The second kappa shape index (κ2) is 5.57. The minimum atomic E-state index is -0.351. The third-order valence-corrected chi connectivity index (χ3v) is 4.10. The molecule has 0 bridgehead atoms. The highest BCUT2D eigenvalue weighted by atomic mass is 16.5. The summed E-state index contributed by atoms with van der Waals surface area (Å²) < 4.78 is 5.39. The Bertz CT molecular complexity index is 294. The first-order valence-electron chi connectivity index (χ1n) is 7.18. The van der Waals surface area contributed by atoms with Crippen LogP contribution in [0.25, 0.3) is 0 Å². The Kier molecular flexibility index (Phi) is 4.28. The molecule has 0 aromatic rings. The van der Waals surface area contributed by atoms with Crippen molar-refractivity contribution >= 4 is 5.91 Å². The lowest BCUT2D eigenvalue weighted by molar-refractivity contribution is -0.148. The highest BCUT2D eigenvalue weighted by Gasteiger charge is 2.45. The fraction of sp³-hybridized carbons (Fsp3) is 0.929. The molecule has 0 radical (unpaired) electrons. The number of rotatable bonds is 5. The number of amides is 1. The summed E-state index contributed by atoms with van der Waals surface area (Å²) >= 11 is 0. The highest BCUT2D eigenvalue weighted by molar-refractivity contribution is 5.83. The predicted molar refractivity (Wildman–Crippen MR) is 71.1 cm³/mol. The second-order valence-electron chi connectivity index (χ2n) is 6.18. The molecular formula is C14H26N2O2. The van der Waals surface area contributed by atoms with Gasteiger partial charge in [-0.05, 0) is 31.6 Å². The lowest BCUT2D eigenvalue weighted by Gasteiger charge is -2.39. The molecule has 18 heavy (non-hydrogen) atoms. The molecule has 1 saturated heterocycles. The molecule has 1 heterocycles. The van der Waals surface area contributed by atoms with Gasteiger partial charge in [-0.1, -0.05) is 13.8 Å². The van der Waals surface area contributed by atoms with Gasteiger partial charge < -0.3 is 15.4 Å². The van der Waals surface area contributed by atoms with Gasteiger partial charge in [0.1, 0.15) is 0 Å². The maximum atomic E-state index is 12.9. The minimum Gasteiger partial charge on any atom is -0.381 e. The molecule has 2 aliphatic rings. The summed E-state index contributed by atoms with van der Waals surface area (Å²) in [5, 5.41) is 0. The summed E-state index contributed by atoms with van der Waals surface area (Å²) in [6, 6.07) is 0.478. The Morgan fingerprint density at radius 3 is 2.44 bits per heavy atom. The van der Waals surface area contributed by atoms with E-state index in [1.54, 1.807) is 0 Å². The van der Waals surface area contributed by atoms with Gasteiger partial charge in [0.15, 0.2) is 0 Å². The summed E-state index contributed by atoms with van der Waals surface area (Å²) in [4.78, 5) is 15.0. The molecule has 0 aromatic heterocycles. The third-order valence-electron chi connectivity index (χ3n) is 4.10. The van der Waals surface area contributed by atoms with Gasteiger partial charge in [0.05, 0.1) is 5.41 Å². The standard InChI is InChI=1S/C14H26N2O2/c1-11(2)9-16(12-3-4-12)13(17)14(10-15)5-7-18-8-6-14/h11-12H,3-10,15H2,1-2H3. The monoisotopic (exact) mass is 254 g/mol. The molecule has 0 aromatic carbocycles. The normalized spacial score (nSPS) is 23.1. The smallest absolute Gasteiger partial charge is 0.230 e. The van der Waals surface area contributed by atoms with Crippen molar-refractivity contribution in [3.8, 4) is 0 Å². The van der Waals surface area contributed by atoms with Crippen molar-refractivity contribution in [1.82, 2.24) is 4.90 Å². The van der Waals surface area contributed by atoms with Crippen molar-refractivity contribution in [3.63, 3.8) is 0 Å². The quantitative estimate of drug-likeness (QED) is 0.806. The minimum absolute atomic E-state index is 0.282. The fourth-order valence-corrected chi connectivity index (χ4v) is 2.75. The van der Waals surface area contributed by atoms with Crippen LogP contribution in [0.3, 0.4) is 0 Å². The van der Waals surface area contributed by atoms with Crippen molar-refractivity contribution in [1.29, 1.82) is 0 Å². The van der Waals surface area contributed by atoms with Crippen LogP contribution >= 0.6 is 0 Å². The topological polar surface area (TPSA) is 55.6 Å². The van der Waals surface area contributed by atoms with Crippen LogP contribution < -0.4 is 5.73 Å². The summed E-state index contributed by atoms with van der Waals surface area (Å²) in [6.07, 6.45) is 3.89. The van der Waals surface area contributed by atoms with E-state index in [9.17, 15) is 4.79 Å². The van der Waals surface area contributed by atoms with E-state index in [4.69, 9.17) is 10.5 Å². The first-order chi connectivity index (χ1) is 8.59. The van der Waals surface area contributed by atoms with Crippen LogP contribution in [-0.2, 0) is 9.53 Å². The lowest BCUT2D eigenvalue weighted by atomic mass is 9.78. The molecule has 1 aliphatic carbocycles.